The van der Waals surface area contributed by atoms with Gasteiger partial charge in [-0.2, -0.15) is 5.10 Å². The zero-order valence-electron chi connectivity index (χ0n) is 11.9. The van der Waals surface area contributed by atoms with E-state index in [1.54, 1.807) is 10.7 Å². The third-order valence-electron chi connectivity index (χ3n) is 3.09. The predicted octanol–water partition coefficient (Wildman–Crippen LogP) is 4.60. The minimum atomic E-state index is -0.264. The molecule has 20 heavy (non-hydrogen) atoms. The second kappa shape index (κ2) is 5.23. The van der Waals surface area contributed by atoms with Crippen LogP contribution >= 0.6 is 23.2 Å². The first-order valence-corrected chi connectivity index (χ1v) is 7.02. The van der Waals surface area contributed by atoms with Crippen molar-refractivity contribution >= 4 is 29.5 Å². The van der Waals surface area contributed by atoms with Gasteiger partial charge < -0.3 is 0 Å². The highest BCUT2D eigenvalue weighted by molar-refractivity contribution is 6.32. The Kier molecular flexibility index (Phi) is 3.94. The smallest absolute Gasteiger partial charge is 0.155 e. The Morgan fingerprint density at radius 3 is 2.35 bits per heavy atom. The summed E-state index contributed by atoms with van der Waals surface area (Å²) in [6.45, 7) is 7.90. The zero-order chi connectivity index (χ0) is 15.1. The summed E-state index contributed by atoms with van der Waals surface area (Å²) >= 11 is 12.4. The minimum absolute atomic E-state index is 0.264. The second-order valence-electron chi connectivity index (χ2n) is 5.77. The summed E-state index contributed by atoms with van der Waals surface area (Å²) in [5.74, 6) is 0. The number of hydrogen-bond donors (Lipinski definition) is 0. The van der Waals surface area contributed by atoms with Gasteiger partial charge in [0.25, 0.3) is 0 Å². The van der Waals surface area contributed by atoms with Gasteiger partial charge in [0.2, 0.25) is 0 Å². The monoisotopic (exact) mass is 310 g/mol. The number of aldehydes is 1. The maximum Gasteiger partial charge on any atom is 0.155 e. The van der Waals surface area contributed by atoms with Crippen molar-refractivity contribution in [2.24, 2.45) is 0 Å². The Hall–Kier alpha value is -1.32. The maximum absolute atomic E-state index is 11.3. The van der Waals surface area contributed by atoms with Crippen molar-refractivity contribution < 1.29 is 4.79 Å². The largest absolute Gasteiger partial charge is 0.298 e. The van der Waals surface area contributed by atoms with Crippen LogP contribution in [0.15, 0.2) is 18.2 Å². The molecule has 0 aliphatic carbocycles. The number of carbonyl (C=O) groups is 1. The lowest BCUT2D eigenvalue weighted by atomic mass is 9.90. The van der Waals surface area contributed by atoms with E-state index in [4.69, 9.17) is 23.2 Å². The number of hydrogen-bond acceptors (Lipinski definition) is 2. The highest BCUT2D eigenvalue weighted by Gasteiger charge is 2.26. The topological polar surface area (TPSA) is 34.9 Å². The van der Waals surface area contributed by atoms with Crippen LogP contribution in [0.2, 0.25) is 10.2 Å². The van der Waals surface area contributed by atoms with Gasteiger partial charge in [-0.3, -0.25) is 4.79 Å². The summed E-state index contributed by atoms with van der Waals surface area (Å²) in [5.41, 5.74) is 2.55. The molecule has 3 nitrogen and oxygen atoms in total. The average Bonchev–Trinajstić information content (AvgIpc) is 2.69. The standard InChI is InChI=1S/C15H16Cl2N2O/c1-9-5-6-10(7-12(9)16)19-14(17)11(8-20)13(18-19)15(2,3)4/h5-8H,1-4H3. The van der Waals surface area contributed by atoms with Crippen LogP contribution in [0.3, 0.4) is 0 Å². The van der Waals surface area contributed by atoms with Gasteiger partial charge in [-0.25, -0.2) is 4.68 Å². The molecule has 0 N–H and O–H groups in total. The highest BCUT2D eigenvalue weighted by Crippen LogP contribution is 2.31. The highest BCUT2D eigenvalue weighted by atomic mass is 35.5. The van der Waals surface area contributed by atoms with E-state index in [0.717, 1.165) is 17.5 Å². The van der Waals surface area contributed by atoms with Gasteiger partial charge >= 0.3 is 0 Å². The first-order valence-electron chi connectivity index (χ1n) is 6.26. The Morgan fingerprint density at radius 2 is 1.90 bits per heavy atom. The Bertz CT molecular complexity index is 669. The summed E-state index contributed by atoms with van der Waals surface area (Å²) in [7, 11) is 0. The molecular formula is C15H16Cl2N2O. The van der Waals surface area contributed by atoms with Crippen LogP contribution in [0, 0.1) is 6.92 Å². The van der Waals surface area contributed by atoms with Gasteiger partial charge in [0.15, 0.2) is 6.29 Å². The van der Waals surface area contributed by atoms with Crippen molar-refractivity contribution in [1.29, 1.82) is 0 Å². The number of aromatic nitrogens is 2. The summed E-state index contributed by atoms with van der Waals surface area (Å²) in [4.78, 5) is 11.3. The number of halogens is 2. The number of rotatable bonds is 2. The van der Waals surface area contributed by atoms with Crippen LogP contribution in [0.4, 0.5) is 0 Å². The van der Waals surface area contributed by atoms with Crippen LogP contribution in [-0.2, 0) is 5.41 Å². The van der Waals surface area contributed by atoms with Crippen LogP contribution < -0.4 is 0 Å². The molecule has 0 aliphatic heterocycles. The fourth-order valence-corrected chi connectivity index (χ4v) is 2.40. The summed E-state index contributed by atoms with van der Waals surface area (Å²) in [5, 5.41) is 5.44. The van der Waals surface area contributed by atoms with Crippen molar-refractivity contribution in [1.82, 2.24) is 9.78 Å². The third-order valence-corrected chi connectivity index (χ3v) is 3.86. The van der Waals surface area contributed by atoms with E-state index in [-0.39, 0.29) is 5.41 Å². The number of carbonyl (C=O) groups excluding carboxylic acids is 1. The van der Waals surface area contributed by atoms with Gasteiger partial charge in [0, 0.05) is 10.4 Å². The maximum atomic E-state index is 11.3. The van der Waals surface area contributed by atoms with Gasteiger partial charge in [-0.05, 0) is 24.6 Å². The molecule has 0 aliphatic rings. The van der Waals surface area contributed by atoms with E-state index in [2.05, 4.69) is 5.10 Å². The summed E-state index contributed by atoms with van der Waals surface area (Å²) in [6, 6.07) is 5.56. The van der Waals surface area contributed by atoms with Gasteiger partial charge in [-0.15, -0.1) is 0 Å². The molecule has 0 saturated carbocycles. The molecule has 1 aromatic carbocycles. The lowest BCUT2D eigenvalue weighted by Crippen LogP contribution is -2.14. The second-order valence-corrected chi connectivity index (χ2v) is 6.53. The quantitative estimate of drug-likeness (QED) is 0.760. The molecule has 0 fully saturated rings. The fourth-order valence-electron chi connectivity index (χ4n) is 1.95. The molecule has 0 bridgehead atoms. The Balaban J connectivity index is 2.66. The van der Waals surface area contributed by atoms with Crippen molar-refractivity contribution in [3.05, 3.63) is 45.2 Å². The molecule has 0 saturated heterocycles. The number of nitrogens with zero attached hydrogens (tertiary/aromatic N) is 2. The molecule has 0 atom stereocenters. The normalized spacial score (nSPS) is 11.7. The van der Waals surface area contributed by atoms with E-state index < -0.39 is 0 Å². The van der Waals surface area contributed by atoms with E-state index in [0.29, 0.717) is 21.4 Å². The lowest BCUT2D eigenvalue weighted by molar-refractivity contribution is 0.112. The van der Waals surface area contributed by atoms with Crippen molar-refractivity contribution in [3.63, 3.8) is 0 Å². The van der Waals surface area contributed by atoms with Crippen LogP contribution in [0.5, 0.6) is 0 Å². The molecule has 0 radical (unpaired) electrons. The van der Waals surface area contributed by atoms with Gasteiger partial charge in [0.05, 0.1) is 16.9 Å². The SMILES string of the molecule is Cc1ccc(-n2nc(C(C)(C)C)c(C=O)c2Cl)cc1Cl. The number of aryl methyl sites for hydroxylation is 1. The molecule has 2 rings (SSSR count). The first-order chi connectivity index (χ1) is 9.25. The Labute approximate surface area is 128 Å². The Morgan fingerprint density at radius 1 is 1.25 bits per heavy atom. The lowest BCUT2D eigenvalue weighted by Gasteiger charge is -2.15. The van der Waals surface area contributed by atoms with Gasteiger partial charge in [-0.1, -0.05) is 50.0 Å². The number of benzene rings is 1. The van der Waals surface area contributed by atoms with Crippen LogP contribution in [0.1, 0.15) is 42.4 Å². The minimum Gasteiger partial charge on any atom is -0.298 e. The van der Waals surface area contributed by atoms with Crippen LogP contribution in [0.25, 0.3) is 5.69 Å². The molecule has 2 aromatic rings. The fraction of sp³-hybridized carbons (Fsp3) is 0.333. The van der Waals surface area contributed by atoms with E-state index >= 15 is 0 Å². The molecule has 0 amide bonds. The summed E-state index contributed by atoms with van der Waals surface area (Å²) in [6.07, 6.45) is 0.752. The van der Waals surface area contributed by atoms with E-state index in [1.165, 1.54) is 0 Å². The molecule has 1 heterocycles. The molecule has 0 spiro atoms. The molecule has 106 valence electrons. The zero-order valence-corrected chi connectivity index (χ0v) is 13.4. The van der Waals surface area contributed by atoms with Crippen molar-refractivity contribution in [3.8, 4) is 5.69 Å². The molecule has 0 unspecified atom stereocenters. The van der Waals surface area contributed by atoms with Crippen LogP contribution in [-0.4, -0.2) is 16.1 Å². The third kappa shape index (κ3) is 2.60. The predicted molar refractivity (Wildman–Crippen MR) is 82.4 cm³/mol. The average molecular weight is 311 g/mol. The van der Waals surface area contributed by atoms with Crippen molar-refractivity contribution in [2.45, 2.75) is 33.1 Å². The van der Waals surface area contributed by atoms with Crippen molar-refractivity contribution in [2.75, 3.05) is 0 Å². The molecule has 5 heteroatoms. The van der Waals surface area contributed by atoms with Gasteiger partial charge in [0.1, 0.15) is 5.15 Å². The summed E-state index contributed by atoms with van der Waals surface area (Å²) < 4.78 is 1.55. The van der Waals surface area contributed by atoms with E-state index in [1.807, 2.05) is 39.8 Å². The molecule has 1 aromatic heterocycles. The first kappa shape index (κ1) is 15.1. The van der Waals surface area contributed by atoms with E-state index in [9.17, 15) is 4.79 Å². The molecular weight excluding hydrogens is 295 g/mol.